The van der Waals surface area contributed by atoms with Crippen molar-refractivity contribution in [2.24, 2.45) is 10.9 Å². The Morgan fingerprint density at radius 1 is 1.37 bits per heavy atom. The summed E-state index contributed by atoms with van der Waals surface area (Å²) in [7, 11) is 0. The Morgan fingerprint density at radius 3 is 3.00 bits per heavy atom. The van der Waals surface area contributed by atoms with Gasteiger partial charge in [0.05, 0.1) is 17.5 Å². The number of rotatable bonds is 5. The molecule has 0 radical (unpaired) electrons. The highest BCUT2D eigenvalue weighted by molar-refractivity contribution is 6.15. The van der Waals surface area contributed by atoms with Gasteiger partial charge in [0.1, 0.15) is 5.65 Å². The first-order valence-electron chi connectivity index (χ1n) is 10.4. The van der Waals surface area contributed by atoms with Crippen molar-refractivity contribution in [3.05, 3.63) is 59.1 Å². The fourth-order valence-corrected chi connectivity index (χ4v) is 4.50. The van der Waals surface area contributed by atoms with Crippen LogP contribution >= 0.6 is 0 Å². The van der Waals surface area contributed by atoms with Crippen LogP contribution in [0.3, 0.4) is 0 Å². The molecule has 1 aliphatic heterocycles. The molecule has 0 spiro atoms. The van der Waals surface area contributed by atoms with E-state index in [9.17, 15) is 10.1 Å². The molecule has 0 atom stereocenters. The molecule has 2 aromatic rings. The van der Waals surface area contributed by atoms with Gasteiger partial charge >= 0.3 is 0 Å². The summed E-state index contributed by atoms with van der Waals surface area (Å²) in [6.45, 7) is 1.58. The second kappa shape index (κ2) is 7.42. The lowest BCUT2D eigenvalue weighted by Gasteiger charge is -2.38. The van der Waals surface area contributed by atoms with Gasteiger partial charge in [-0.25, -0.2) is 4.98 Å². The average Bonchev–Trinajstić information content (AvgIpc) is 3.40. The number of hydrogen-bond acceptors (Lipinski definition) is 5. The van der Waals surface area contributed by atoms with Crippen molar-refractivity contribution < 1.29 is 4.79 Å². The second-order valence-electron chi connectivity index (χ2n) is 8.28. The first-order chi connectivity index (χ1) is 14.6. The summed E-state index contributed by atoms with van der Waals surface area (Å²) in [5.74, 6) is 0.569. The third-order valence-corrected chi connectivity index (χ3v) is 6.32. The Balaban J connectivity index is 1.36. The van der Waals surface area contributed by atoms with Gasteiger partial charge in [0, 0.05) is 53.2 Å². The van der Waals surface area contributed by atoms with Gasteiger partial charge in [0.25, 0.3) is 0 Å². The highest BCUT2D eigenvalue weighted by atomic mass is 16.1. The molecule has 6 nitrogen and oxygen atoms in total. The summed E-state index contributed by atoms with van der Waals surface area (Å²) in [5, 5.41) is 14.0. The average molecular weight is 397 g/mol. The van der Waals surface area contributed by atoms with Crippen LogP contribution in [0.4, 0.5) is 5.69 Å². The summed E-state index contributed by atoms with van der Waals surface area (Å²) >= 11 is 0. The van der Waals surface area contributed by atoms with Gasteiger partial charge in [-0.3, -0.25) is 9.79 Å². The summed E-state index contributed by atoms with van der Waals surface area (Å²) in [5.41, 5.74) is 6.65. The Labute approximate surface area is 175 Å². The van der Waals surface area contributed by atoms with E-state index in [1.165, 1.54) is 5.57 Å². The summed E-state index contributed by atoms with van der Waals surface area (Å²) < 4.78 is 0. The zero-order chi connectivity index (χ0) is 20.7. The Bertz CT molecular complexity index is 1200. The van der Waals surface area contributed by atoms with Crippen molar-refractivity contribution in [2.75, 3.05) is 5.32 Å². The molecule has 30 heavy (non-hydrogen) atoms. The smallest absolute Gasteiger partial charge is 0.157 e. The van der Waals surface area contributed by atoms with E-state index in [1.807, 2.05) is 18.5 Å². The first-order valence-corrected chi connectivity index (χ1v) is 10.4. The van der Waals surface area contributed by atoms with E-state index in [0.717, 1.165) is 64.8 Å². The van der Waals surface area contributed by atoms with Crippen molar-refractivity contribution in [2.45, 2.75) is 45.1 Å². The fraction of sp³-hybridized carbons (Fsp3) is 0.333. The van der Waals surface area contributed by atoms with E-state index < -0.39 is 0 Å². The third-order valence-electron chi connectivity index (χ3n) is 6.32. The number of allylic oxidation sites excluding steroid dienone is 5. The number of pyridine rings is 1. The van der Waals surface area contributed by atoms with E-state index in [4.69, 9.17) is 0 Å². The largest absolute Gasteiger partial charge is 0.381 e. The van der Waals surface area contributed by atoms with Gasteiger partial charge in [-0.05, 0) is 56.2 Å². The van der Waals surface area contributed by atoms with Crippen LogP contribution < -0.4 is 5.32 Å². The van der Waals surface area contributed by atoms with Gasteiger partial charge < -0.3 is 10.3 Å². The van der Waals surface area contributed by atoms with Crippen molar-refractivity contribution >= 4 is 28.2 Å². The quantitative estimate of drug-likeness (QED) is 0.771. The molecule has 0 saturated heterocycles. The zero-order valence-corrected chi connectivity index (χ0v) is 16.9. The molecular formula is C24H23N5O. The number of nitrogens with zero attached hydrogens (tertiary/aromatic N) is 3. The van der Waals surface area contributed by atoms with Crippen molar-refractivity contribution in [3.8, 4) is 6.07 Å². The molecule has 6 heteroatoms. The molecule has 3 aliphatic rings. The van der Waals surface area contributed by atoms with Crippen LogP contribution in [0, 0.1) is 17.2 Å². The van der Waals surface area contributed by atoms with Crippen LogP contribution in [0.25, 0.3) is 11.0 Å². The van der Waals surface area contributed by atoms with E-state index in [-0.39, 0.29) is 5.78 Å². The van der Waals surface area contributed by atoms with Gasteiger partial charge in [0.2, 0.25) is 0 Å². The fourth-order valence-electron chi connectivity index (χ4n) is 4.50. The normalized spacial score (nSPS) is 23.1. The van der Waals surface area contributed by atoms with Crippen LogP contribution in [0.1, 0.15) is 44.6 Å². The standard InChI is InChI=1S/C24H23N5O/c1-14(30)18-10-22(27-12-18)21-13-28-24-20(5-6-26-24)23(21)29-19-8-17(9-19)16-4-2-3-15(7-16)11-25/h4-7,12-13,17,19H,2-3,8-10H2,1H3,(H2,26,28,29). The first kappa shape index (κ1) is 18.6. The number of Topliss-reactive ketones (excluding diaryl/α,β-unsaturated/α-hetero) is 1. The van der Waals surface area contributed by atoms with Crippen LogP contribution in [-0.2, 0) is 4.79 Å². The number of nitriles is 1. The number of carbonyl (C=O) groups excluding carboxylic acids is 1. The lowest BCUT2D eigenvalue weighted by molar-refractivity contribution is -0.113. The number of ketones is 1. The van der Waals surface area contributed by atoms with E-state index in [0.29, 0.717) is 18.4 Å². The predicted molar refractivity (Wildman–Crippen MR) is 117 cm³/mol. The van der Waals surface area contributed by atoms with E-state index in [1.54, 1.807) is 13.1 Å². The molecule has 1 fully saturated rings. The Morgan fingerprint density at radius 2 is 2.23 bits per heavy atom. The van der Waals surface area contributed by atoms with Crippen LogP contribution in [0.2, 0.25) is 0 Å². The second-order valence-corrected chi connectivity index (χ2v) is 8.28. The molecule has 3 heterocycles. The maximum Gasteiger partial charge on any atom is 0.157 e. The van der Waals surface area contributed by atoms with Gasteiger partial charge in [-0.2, -0.15) is 5.26 Å². The summed E-state index contributed by atoms with van der Waals surface area (Å²) in [4.78, 5) is 24.0. The van der Waals surface area contributed by atoms with E-state index in [2.05, 4.69) is 38.5 Å². The molecule has 0 aromatic carbocycles. The molecule has 0 bridgehead atoms. The monoisotopic (exact) mass is 397 g/mol. The number of H-pyrrole nitrogens is 1. The van der Waals surface area contributed by atoms with Gasteiger partial charge in [-0.1, -0.05) is 6.08 Å². The Kier molecular flexibility index (Phi) is 4.59. The predicted octanol–water partition coefficient (Wildman–Crippen LogP) is 4.59. The van der Waals surface area contributed by atoms with Crippen LogP contribution in [0.5, 0.6) is 0 Å². The molecule has 2 aliphatic carbocycles. The molecular weight excluding hydrogens is 374 g/mol. The highest BCUT2D eigenvalue weighted by Gasteiger charge is 2.33. The highest BCUT2D eigenvalue weighted by Crippen LogP contribution is 2.40. The number of hydrogen-bond donors (Lipinski definition) is 2. The molecule has 5 rings (SSSR count). The molecule has 0 amide bonds. The number of aromatic nitrogens is 2. The number of aliphatic imine (C=N–C) groups is 1. The SMILES string of the molecule is CC(=O)C1=CN=C(c2cnc3[nH]ccc3c2NC2CC(C3=CCCC(C#N)=C3)C2)C1. The number of fused-ring (bicyclic) bond motifs is 1. The van der Waals surface area contributed by atoms with Gasteiger partial charge in [-0.15, -0.1) is 0 Å². The van der Waals surface area contributed by atoms with Crippen molar-refractivity contribution in [3.63, 3.8) is 0 Å². The zero-order valence-electron chi connectivity index (χ0n) is 16.9. The maximum absolute atomic E-state index is 11.7. The number of nitrogens with one attached hydrogen (secondary N) is 2. The molecule has 2 aromatic heterocycles. The Hall–Kier alpha value is -3.46. The molecule has 0 unspecified atom stereocenters. The van der Waals surface area contributed by atoms with Crippen LogP contribution in [0.15, 0.2) is 58.5 Å². The maximum atomic E-state index is 11.7. The molecule has 1 saturated carbocycles. The minimum absolute atomic E-state index is 0.0614. The van der Waals surface area contributed by atoms with Crippen molar-refractivity contribution in [1.82, 2.24) is 9.97 Å². The minimum Gasteiger partial charge on any atom is -0.381 e. The lowest BCUT2D eigenvalue weighted by Crippen LogP contribution is -2.37. The molecule has 150 valence electrons. The number of carbonyl (C=O) groups is 1. The van der Waals surface area contributed by atoms with Crippen molar-refractivity contribution in [1.29, 1.82) is 5.26 Å². The van der Waals surface area contributed by atoms with Gasteiger partial charge in [0.15, 0.2) is 5.78 Å². The van der Waals surface area contributed by atoms with Crippen LogP contribution in [-0.4, -0.2) is 27.5 Å². The molecule has 2 N–H and O–H groups in total. The number of anilines is 1. The summed E-state index contributed by atoms with van der Waals surface area (Å²) in [6.07, 6.45) is 14.2. The minimum atomic E-state index is 0.0614. The third kappa shape index (κ3) is 3.26. The lowest BCUT2D eigenvalue weighted by atomic mass is 9.73. The number of aromatic amines is 1. The topological polar surface area (TPSA) is 93.9 Å². The summed E-state index contributed by atoms with van der Waals surface area (Å²) in [6, 6.07) is 4.70. The van der Waals surface area contributed by atoms with E-state index >= 15 is 0 Å².